The van der Waals surface area contributed by atoms with Gasteiger partial charge in [0.25, 0.3) is 0 Å². The Morgan fingerprint density at radius 3 is 2.70 bits per heavy atom. The molecule has 3 nitrogen and oxygen atoms in total. The van der Waals surface area contributed by atoms with Crippen molar-refractivity contribution in [3.8, 4) is 0 Å². The third-order valence-corrected chi connectivity index (χ3v) is 4.23. The number of anilines is 1. The second-order valence-corrected chi connectivity index (χ2v) is 5.80. The van der Waals surface area contributed by atoms with Crippen LogP contribution in [0.15, 0.2) is 18.2 Å². The van der Waals surface area contributed by atoms with E-state index in [2.05, 4.69) is 42.3 Å². The largest absolute Gasteiger partial charge is 0.370 e. The second kappa shape index (κ2) is 8.25. The molecule has 0 saturated heterocycles. The molecule has 0 aliphatic heterocycles. The summed E-state index contributed by atoms with van der Waals surface area (Å²) in [6.07, 6.45) is 8.07. The molecule has 1 aliphatic rings. The van der Waals surface area contributed by atoms with Crippen LogP contribution in [0.5, 0.6) is 0 Å². The summed E-state index contributed by atoms with van der Waals surface area (Å²) in [5.74, 6) is 1.02. The Kier molecular flexibility index (Phi) is 6.31. The summed E-state index contributed by atoms with van der Waals surface area (Å²) < 4.78 is 0. The number of nitrogens with zero attached hydrogens (tertiary/aromatic N) is 2. The lowest BCUT2D eigenvalue weighted by molar-refractivity contribution is 0.154. The van der Waals surface area contributed by atoms with Crippen LogP contribution in [-0.2, 0) is 6.54 Å². The SMILES string of the molecule is CCCNc1cccc(CN(CC)C2CCCCC2)n1. The average Bonchev–Trinajstić information content (AvgIpc) is 2.52. The van der Waals surface area contributed by atoms with E-state index in [1.165, 1.54) is 37.8 Å². The Labute approximate surface area is 123 Å². The van der Waals surface area contributed by atoms with Crippen molar-refractivity contribution in [2.75, 3.05) is 18.4 Å². The predicted molar refractivity (Wildman–Crippen MR) is 86.0 cm³/mol. The molecule has 0 atom stereocenters. The lowest BCUT2D eigenvalue weighted by Crippen LogP contribution is -2.36. The molecule has 3 heteroatoms. The van der Waals surface area contributed by atoms with E-state index in [-0.39, 0.29) is 0 Å². The average molecular weight is 275 g/mol. The van der Waals surface area contributed by atoms with E-state index in [1.807, 2.05) is 0 Å². The highest BCUT2D eigenvalue weighted by Crippen LogP contribution is 2.23. The van der Waals surface area contributed by atoms with Crippen molar-refractivity contribution >= 4 is 5.82 Å². The summed E-state index contributed by atoms with van der Waals surface area (Å²) in [5.41, 5.74) is 1.19. The van der Waals surface area contributed by atoms with Crippen molar-refractivity contribution < 1.29 is 0 Å². The molecule has 0 amide bonds. The molecule has 1 aromatic heterocycles. The molecule has 0 radical (unpaired) electrons. The Balaban J connectivity index is 1.95. The van der Waals surface area contributed by atoms with Gasteiger partial charge in [0.2, 0.25) is 0 Å². The van der Waals surface area contributed by atoms with Crippen LogP contribution in [-0.4, -0.2) is 29.0 Å². The number of aromatic nitrogens is 1. The highest BCUT2D eigenvalue weighted by Gasteiger charge is 2.20. The maximum absolute atomic E-state index is 4.74. The van der Waals surface area contributed by atoms with Gasteiger partial charge in [-0.2, -0.15) is 0 Å². The summed E-state index contributed by atoms with van der Waals surface area (Å²) in [7, 11) is 0. The van der Waals surface area contributed by atoms with Gasteiger partial charge < -0.3 is 5.32 Å². The van der Waals surface area contributed by atoms with Crippen molar-refractivity contribution in [1.29, 1.82) is 0 Å². The predicted octanol–water partition coefficient (Wildman–Crippen LogP) is 4.06. The zero-order chi connectivity index (χ0) is 14.2. The molecule has 1 saturated carbocycles. The quantitative estimate of drug-likeness (QED) is 0.813. The van der Waals surface area contributed by atoms with Gasteiger partial charge >= 0.3 is 0 Å². The van der Waals surface area contributed by atoms with Crippen LogP contribution in [0.4, 0.5) is 5.82 Å². The molecule has 0 aromatic carbocycles. The van der Waals surface area contributed by atoms with E-state index < -0.39 is 0 Å². The fraction of sp³-hybridized carbons (Fsp3) is 0.706. The van der Waals surface area contributed by atoms with Crippen LogP contribution in [0.2, 0.25) is 0 Å². The summed E-state index contributed by atoms with van der Waals surface area (Å²) in [6.45, 7) is 7.56. The van der Waals surface area contributed by atoms with Crippen LogP contribution in [0, 0.1) is 0 Å². The molecule has 1 aromatic rings. The molecule has 20 heavy (non-hydrogen) atoms. The maximum atomic E-state index is 4.74. The molecule has 0 bridgehead atoms. The van der Waals surface area contributed by atoms with Gasteiger partial charge in [0.1, 0.15) is 5.82 Å². The normalized spacial score (nSPS) is 16.6. The van der Waals surface area contributed by atoms with Gasteiger partial charge in [-0.05, 0) is 37.9 Å². The maximum Gasteiger partial charge on any atom is 0.126 e. The molecule has 1 N–H and O–H groups in total. The minimum atomic E-state index is 0.766. The number of nitrogens with one attached hydrogen (secondary N) is 1. The van der Waals surface area contributed by atoms with E-state index in [1.54, 1.807) is 0 Å². The van der Waals surface area contributed by atoms with Gasteiger partial charge in [-0.1, -0.05) is 39.2 Å². The second-order valence-electron chi connectivity index (χ2n) is 5.80. The summed E-state index contributed by atoms with van der Waals surface area (Å²) >= 11 is 0. The van der Waals surface area contributed by atoms with Gasteiger partial charge in [0.05, 0.1) is 5.69 Å². The minimum Gasteiger partial charge on any atom is -0.370 e. The molecule has 1 aliphatic carbocycles. The molecule has 1 heterocycles. The Hall–Kier alpha value is -1.09. The smallest absolute Gasteiger partial charge is 0.126 e. The van der Waals surface area contributed by atoms with E-state index in [9.17, 15) is 0 Å². The van der Waals surface area contributed by atoms with Gasteiger partial charge in [-0.3, -0.25) is 4.90 Å². The molecule has 112 valence electrons. The summed E-state index contributed by atoms with van der Waals surface area (Å²) in [5, 5.41) is 3.38. The Bertz CT molecular complexity index is 386. The monoisotopic (exact) mass is 275 g/mol. The fourth-order valence-electron chi connectivity index (χ4n) is 3.07. The van der Waals surface area contributed by atoms with Crippen LogP contribution < -0.4 is 5.32 Å². The first-order valence-electron chi connectivity index (χ1n) is 8.27. The van der Waals surface area contributed by atoms with Crippen molar-refractivity contribution in [2.24, 2.45) is 0 Å². The van der Waals surface area contributed by atoms with E-state index in [0.717, 1.165) is 37.9 Å². The third kappa shape index (κ3) is 4.48. The van der Waals surface area contributed by atoms with Crippen molar-refractivity contribution in [3.63, 3.8) is 0 Å². The van der Waals surface area contributed by atoms with Crippen LogP contribution >= 0.6 is 0 Å². The first-order valence-corrected chi connectivity index (χ1v) is 8.27. The minimum absolute atomic E-state index is 0.766. The molecular formula is C17H29N3. The number of pyridine rings is 1. The van der Waals surface area contributed by atoms with Crippen LogP contribution in [0.25, 0.3) is 0 Å². The fourth-order valence-corrected chi connectivity index (χ4v) is 3.07. The zero-order valence-corrected chi connectivity index (χ0v) is 13.1. The van der Waals surface area contributed by atoms with Crippen molar-refractivity contribution in [2.45, 2.75) is 65.0 Å². The first-order chi connectivity index (χ1) is 9.83. The number of hydrogen-bond donors (Lipinski definition) is 1. The van der Waals surface area contributed by atoms with E-state index in [4.69, 9.17) is 4.98 Å². The Morgan fingerprint density at radius 1 is 1.20 bits per heavy atom. The van der Waals surface area contributed by atoms with E-state index >= 15 is 0 Å². The zero-order valence-electron chi connectivity index (χ0n) is 13.1. The first kappa shape index (κ1) is 15.3. The van der Waals surface area contributed by atoms with Crippen LogP contribution in [0.1, 0.15) is 58.1 Å². The van der Waals surface area contributed by atoms with Crippen molar-refractivity contribution in [3.05, 3.63) is 23.9 Å². The lowest BCUT2D eigenvalue weighted by atomic mass is 9.94. The molecule has 2 rings (SSSR count). The van der Waals surface area contributed by atoms with Gasteiger partial charge in [-0.25, -0.2) is 4.98 Å². The summed E-state index contributed by atoms with van der Waals surface area (Å²) in [6, 6.07) is 7.11. The summed E-state index contributed by atoms with van der Waals surface area (Å²) in [4.78, 5) is 7.34. The molecule has 1 fully saturated rings. The highest BCUT2D eigenvalue weighted by molar-refractivity contribution is 5.35. The molecule has 0 spiro atoms. The van der Waals surface area contributed by atoms with Crippen LogP contribution in [0.3, 0.4) is 0 Å². The molecule has 0 unspecified atom stereocenters. The Morgan fingerprint density at radius 2 is 2.00 bits per heavy atom. The van der Waals surface area contributed by atoms with Gasteiger partial charge in [0.15, 0.2) is 0 Å². The molecular weight excluding hydrogens is 246 g/mol. The standard InChI is InChI=1S/C17H29N3/c1-3-13-18-17-12-8-9-15(19-17)14-20(4-2)16-10-6-5-7-11-16/h8-9,12,16H,3-7,10-11,13-14H2,1-2H3,(H,18,19). The highest BCUT2D eigenvalue weighted by atomic mass is 15.2. The van der Waals surface area contributed by atoms with Gasteiger partial charge in [0, 0.05) is 19.1 Å². The topological polar surface area (TPSA) is 28.2 Å². The van der Waals surface area contributed by atoms with Crippen molar-refractivity contribution in [1.82, 2.24) is 9.88 Å². The number of hydrogen-bond acceptors (Lipinski definition) is 3. The third-order valence-electron chi connectivity index (χ3n) is 4.23. The number of rotatable bonds is 7. The lowest BCUT2D eigenvalue weighted by Gasteiger charge is -2.33. The van der Waals surface area contributed by atoms with E-state index in [0.29, 0.717) is 0 Å². The van der Waals surface area contributed by atoms with Gasteiger partial charge in [-0.15, -0.1) is 0 Å².